The normalized spacial score (nSPS) is 12.6. The van der Waals surface area contributed by atoms with Crippen LogP contribution in [0.2, 0.25) is 0 Å². The minimum absolute atomic E-state index is 0.0208. The van der Waals surface area contributed by atoms with Gasteiger partial charge < -0.3 is 20.3 Å². The van der Waals surface area contributed by atoms with Crippen molar-refractivity contribution in [2.45, 2.75) is 437 Å². The maximum Gasteiger partial charge on any atom is 0.305 e. The Kier molecular flexibility index (Phi) is 70.4. The summed E-state index contributed by atoms with van der Waals surface area (Å²) in [5, 5.41) is 23.2. The molecule has 0 saturated heterocycles. The number of carbonyl (C=O) groups is 2. The summed E-state index contributed by atoms with van der Waals surface area (Å²) in [6, 6.07) is -0.628. The van der Waals surface area contributed by atoms with Crippen LogP contribution in [0.15, 0.2) is 24.3 Å². The van der Waals surface area contributed by atoms with Crippen molar-refractivity contribution in [1.82, 2.24) is 5.32 Å². The Morgan fingerprint density at radius 3 is 0.866 bits per heavy atom. The Bertz CT molecular complexity index is 1280. The molecule has 6 nitrogen and oxygen atoms in total. The fourth-order valence-electron chi connectivity index (χ4n) is 12.0. The number of unbranched alkanes of at least 4 members (excludes halogenated alkanes) is 58. The molecule has 0 heterocycles. The van der Waals surface area contributed by atoms with Crippen LogP contribution in [0.4, 0.5) is 0 Å². The molecule has 0 spiro atoms. The fourth-order valence-corrected chi connectivity index (χ4v) is 12.0. The second kappa shape index (κ2) is 71.8. The van der Waals surface area contributed by atoms with Crippen LogP contribution in [0.1, 0.15) is 425 Å². The van der Waals surface area contributed by atoms with Crippen molar-refractivity contribution in [2.75, 3.05) is 13.2 Å². The molecule has 0 rings (SSSR count). The van der Waals surface area contributed by atoms with Crippen molar-refractivity contribution in [3.8, 4) is 0 Å². The lowest BCUT2D eigenvalue weighted by Crippen LogP contribution is -2.45. The first-order chi connectivity index (χ1) is 40.5. The molecular formula is C76H147NO5. The van der Waals surface area contributed by atoms with E-state index in [1.54, 1.807) is 6.08 Å². The molecule has 0 saturated carbocycles. The Labute approximate surface area is 513 Å². The minimum Gasteiger partial charge on any atom is -0.466 e. The smallest absolute Gasteiger partial charge is 0.305 e. The molecule has 2 atom stereocenters. The number of aliphatic hydroxyl groups excluding tert-OH is 2. The van der Waals surface area contributed by atoms with Gasteiger partial charge in [0, 0.05) is 12.8 Å². The molecule has 0 bridgehead atoms. The summed E-state index contributed by atoms with van der Waals surface area (Å²) in [6.45, 7) is 4.95. The van der Waals surface area contributed by atoms with Gasteiger partial charge in [0.2, 0.25) is 5.91 Å². The Morgan fingerprint density at radius 2 is 0.573 bits per heavy atom. The molecule has 0 aromatic rings. The molecule has 0 aromatic heterocycles. The highest BCUT2D eigenvalue weighted by atomic mass is 16.5. The third-order valence-electron chi connectivity index (χ3n) is 17.7. The highest BCUT2D eigenvalue weighted by Crippen LogP contribution is 2.19. The van der Waals surface area contributed by atoms with Gasteiger partial charge >= 0.3 is 5.97 Å². The molecule has 0 aliphatic rings. The van der Waals surface area contributed by atoms with E-state index in [1.807, 2.05) is 6.08 Å². The average molecular weight is 1160 g/mol. The number of nitrogens with one attached hydrogen (secondary N) is 1. The summed E-state index contributed by atoms with van der Waals surface area (Å²) in [7, 11) is 0. The second-order valence-corrected chi connectivity index (χ2v) is 26.0. The molecule has 0 radical (unpaired) electrons. The van der Waals surface area contributed by atoms with E-state index in [1.165, 1.54) is 360 Å². The molecule has 0 aliphatic carbocycles. The van der Waals surface area contributed by atoms with E-state index in [0.29, 0.717) is 19.4 Å². The number of aliphatic hydroxyl groups is 2. The van der Waals surface area contributed by atoms with E-state index in [9.17, 15) is 19.8 Å². The number of allylic oxidation sites excluding steroid dienone is 3. The number of ether oxygens (including phenoxy) is 1. The molecule has 0 aliphatic heterocycles. The Balaban J connectivity index is 3.38. The maximum absolute atomic E-state index is 12.5. The lowest BCUT2D eigenvalue weighted by molar-refractivity contribution is -0.143. The van der Waals surface area contributed by atoms with Gasteiger partial charge in [-0.1, -0.05) is 378 Å². The molecule has 0 aromatic carbocycles. The molecule has 3 N–H and O–H groups in total. The number of rotatable bonds is 71. The largest absolute Gasteiger partial charge is 0.466 e. The Hall–Kier alpha value is -1.66. The lowest BCUT2D eigenvalue weighted by atomic mass is 10.0. The summed E-state index contributed by atoms with van der Waals surface area (Å²) < 4.78 is 5.51. The van der Waals surface area contributed by atoms with E-state index in [-0.39, 0.29) is 18.5 Å². The molecule has 82 heavy (non-hydrogen) atoms. The van der Waals surface area contributed by atoms with Gasteiger partial charge in [0.05, 0.1) is 25.4 Å². The van der Waals surface area contributed by atoms with Crippen LogP contribution in [0.3, 0.4) is 0 Å². The van der Waals surface area contributed by atoms with Crippen LogP contribution < -0.4 is 5.32 Å². The highest BCUT2D eigenvalue weighted by Gasteiger charge is 2.18. The van der Waals surface area contributed by atoms with Gasteiger partial charge in [-0.3, -0.25) is 9.59 Å². The van der Waals surface area contributed by atoms with E-state index in [4.69, 9.17) is 4.74 Å². The van der Waals surface area contributed by atoms with Crippen molar-refractivity contribution in [3.63, 3.8) is 0 Å². The number of carbonyl (C=O) groups excluding carboxylic acids is 2. The van der Waals surface area contributed by atoms with Gasteiger partial charge in [-0.2, -0.15) is 0 Å². The standard InChI is InChI=1S/C76H147NO5/c1-3-5-7-9-11-13-15-17-19-21-33-36-40-44-48-52-56-60-64-68-74(79)73(72-78)77-75(80)69-65-61-57-53-49-45-41-37-34-31-29-27-25-23-24-26-28-30-32-35-39-43-47-51-55-59-63-67-71-82-76(81)70-66-62-58-54-50-46-42-38-22-20-18-16-14-12-10-8-6-4-2/h23-24,64,68,73-74,78-79H,3-22,25-63,65-67,69-72H2,1-2H3,(H,77,80)/b24-23-,68-64+. The first kappa shape index (κ1) is 80.3. The van der Waals surface area contributed by atoms with Crippen molar-refractivity contribution >= 4 is 11.9 Å². The zero-order valence-electron chi connectivity index (χ0n) is 55.8. The predicted molar refractivity (Wildman–Crippen MR) is 361 cm³/mol. The van der Waals surface area contributed by atoms with Crippen LogP contribution in [-0.2, 0) is 14.3 Å². The molecule has 6 heteroatoms. The third kappa shape index (κ3) is 67.5. The molecule has 1 amide bonds. The van der Waals surface area contributed by atoms with Gasteiger partial charge in [0.25, 0.3) is 0 Å². The van der Waals surface area contributed by atoms with Crippen molar-refractivity contribution in [3.05, 3.63) is 24.3 Å². The van der Waals surface area contributed by atoms with Crippen molar-refractivity contribution in [2.24, 2.45) is 0 Å². The summed E-state index contributed by atoms with van der Waals surface area (Å²) >= 11 is 0. The summed E-state index contributed by atoms with van der Waals surface area (Å²) in [4.78, 5) is 24.6. The predicted octanol–water partition coefficient (Wildman–Crippen LogP) is 24.5. The Morgan fingerprint density at radius 1 is 0.329 bits per heavy atom. The average Bonchev–Trinajstić information content (AvgIpc) is 3.48. The zero-order chi connectivity index (χ0) is 59.2. The van der Waals surface area contributed by atoms with E-state index >= 15 is 0 Å². The number of hydrogen-bond donors (Lipinski definition) is 3. The van der Waals surface area contributed by atoms with E-state index < -0.39 is 12.1 Å². The van der Waals surface area contributed by atoms with Gasteiger partial charge in [-0.25, -0.2) is 0 Å². The van der Waals surface area contributed by atoms with Gasteiger partial charge in [-0.05, 0) is 57.8 Å². The molecule has 0 fully saturated rings. The van der Waals surface area contributed by atoms with Crippen LogP contribution in [-0.4, -0.2) is 47.4 Å². The van der Waals surface area contributed by atoms with Crippen LogP contribution in [0.25, 0.3) is 0 Å². The minimum atomic E-state index is -0.845. The topological polar surface area (TPSA) is 95.9 Å². The number of esters is 1. The van der Waals surface area contributed by atoms with E-state index in [2.05, 4.69) is 31.3 Å². The molecule has 486 valence electrons. The van der Waals surface area contributed by atoms with Crippen LogP contribution in [0.5, 0.6) is 0 Å². The number of amides is 1. The maximum atomic E-state index is 12.5. The van der Waals surface area contributed by atoms with Gasteiger partial charge in [-0.15, -0.1) is 0 Å². The highest BCUT2D eigenvalue weighted by molar-refractivity contribution is 5.76. The summed E-state index contributed by atoms with van der Waals surface area (Å²) in [5.74, 6) is -0.0431. The first-order valence-corrected chi connectivity index (χ1v) is 37.6. The van der Waals surface area contributed by atoms with Crippen LogP contribution in [0, 0.1) is 0 Å². The summed E-state index contributed by atoms with van der Waals surface area (Å²) in [6.07, 6.45) is 91.3. The molecular weight excluding hydrogens is 1010 g/mol. The SMILES string of the molecule is CCCCCCCCCCCCCCCCCCC/C=C/C(O)C(CO)NC(=O)CCCCCCCCCCCCCC/C=C\CCCCCCCCCCCCCCOC(=O)CCCCCCCCCCCCCCCCCCCC. The van der Waals surface area contributed by atoms with Gasteiger partial charge in [0.1, 0.15) is 0 Å². The quantitative estimate of drug-likeness (QED) is 0.0320. The zero-order valence-corrected chi connectivity index (χ0v) is 55.8. The second-order valence-electron chi connectivity index (χ2n) is 26.0. The van der Waals surface area contributed by atoms with Crippen LogP contribution >= 0.6 is 0 Å². The number of hydrogen-bond acceptors (Lipinski definition) is 5. The van der Waals surface area contributed by atoms with Crippen molar-refractivity contribution in [1.29, 1.82) is 0 Å². The monoisotopic (exact) mass is 1150 g/mol. The lowest BCUT2D eigenvalue weighted by Gasteiger charge is -2.20. The van der Waals surface area contributed by atoms with Crippen molar-refractivity contribution < 1.29 is 24.5 Å². The molecule has 2 unspecified atom stereocenters. The first-order valence-electron chi connectivity index (χ1n) is 37.6. The summed E-state index contributed by atoms with van der Waals surface area (Å²) in [5.41, 5.74) is 0. The van der Waals surface area contributed by atoms with Gasteiger partial charge in [0.15, 0.2) is 0 Å². The third-order valence-corrected chi connectivity index (χ3v) is 17.7. The fraction of sp³-hybridized carbons (Fsp3) is 0.921. The van der Waals surface area contributed by atoms with E-state index in [0.717, 1.165) is 38.5 Å².